The van der Waals surface area contributed by atoms with E-state index >= 15 is 0 Å². The normalized spacial score (nSPS) is 12.5. The molecule has 1 N–H and O–H groups in total. The summed E-state index contributed by atoms with van der Waals surface area (Å²) in [6.07, 6.45) is 2.61. The number of benzene rings is 2. The molecule has 7 heteroatoms. The summed E-state index contributed by atoms with van der Waals surface area (Å²) in [6.45, 7) is 3.35. The maximum absolute atomic E-state index is 13.1. The van der Waals surface area contributed by atoms with Crippen molar-refractivity contribution in [3.05, 3.63) is 82.8 Å². The number of aryl methyl sites for hydroxylation is 2. The Morgan fingerprint density at radius 2 is 1.79 bits per heavy atom. The third kappa shape index (κ3) is 3.86. The molecule has 5 rings (SSSR count). The molecule has 0 saturated heterocycles. The second-order valence-corrected chi connectivity index (χ2v) is 8.20. The summed E-state index contributed by atoms with van der Waals surface area (Å²) < 4.78 is 7.24. The van der Waals surface area contributed by atoms with Gasteiger partial charge in [0.05, 0.1) is 33.8 Å². The first-order chi connectivity index (χ1) is 16.0. The number of hydrogen-bond acceptors (Lipinski definition) is 5. The molecule has 1 amide bonds. The molecule has 0 aliphatic heterocycles. The molecule has 0 spiro atoms. The van der Waals surface area contributed by atoms with Gasteiger partial charge in [-0.2, -0.15) is 5.10 Å². The molecular weight excluding hydrogens is 416 g/mol. The minimum Gasteiger partial charge on any atom is -0.452 e. The first-order valence-electron chi connectivity index (χ1n) is 11.0. The molecule has 1 aliphatic rings. The molecule has 0 saturated carbocycles. The molecule has 2 aromatic carbocycles. The van der Waals surface area contributed by atoms with Crippen molar-refractivity contribution in [3.8, 4) is 5.69 Å². The molecule has 1 aliphatic carbocycles. The van der Waals surface area contributed by atoms with E-state index in [-0.39, 0.29) is 6.61 Å². The number of pyridine rings is 1. The van der Waals surface area contributed by atoms with Crippen molar-refractivity contribution >= 4 is 28.5 Å². The molecule has 7 nitrogen and oxygen atoms in total. The van der Waals surface area contributed by atoms with Crippen LogP contribution in [0.25, 0.3) is 16.6 Å². The van der Waals surface area contributed by atoms with Gasteiger partial charge in [0.2, 0.25) is 0 Å². The summed E-state index contributed by atoms with van der Waals surface area (Å²) in [6, 6.07) is 17.3. The van der Waals surface area contributed by atoms with Crippen molar-refractivity contribution in [2.45, 2.75) is 33.1 Å². The van der Waals surface area contributed by atoms with Crippen molar-refractivity contribution in [2.75, 3.05) is 11.9 Å². The highest BCUT2D eigenvalue weighted by Gasteiger charge is 2.25. The third-order valence-corrected chi connectivity index (χ3v) is 6.01. The van der Waals surface area contributed by atoms with Crippen molar-refractivity contribution < 1.29 is 14.3 Å². The lowest BCUT2D eigenvalue weighted by atomic mass is 10.0. The van der Waals surface area contributed by atoms with E-state index in [4.69, 9.17) is 9.72 Å². The summed E-state index contributed by atoms with van der Waals surface area (Å²) >= 11 is 0. The molecule has 0 bridgehead atoms. The molecular formula is C26H24N4O3. The van der Waals surface area contributed by atoms with Crippen molar-refractivity contribution in [2.24, 2.45) is 0 Å². The van der Waals surface area contributed by atoms with E-state index in [0.29, 0.717) is 16.9 Å². The molecule has 4 aromatic rings. The first-order valence-corrected chi connectivity index (χ1v) is 11.0. The number of rotatable bonds is 5. The highest BCUT2D eigenvalue weighted by atomic mass is 16.5. The average molecular weight is 441 g/mol. The van der Waals surface area contributed by atoms with Crippen LogP contribution in [0.4, 0.5) is 5.69 Å². The van der Waals surface area contributed by atoms with Crippen LogP contribution in [-0.4, -0.2) is 33.2 Å². The third-order valence-electron chi connectivity index (χ3n) is 6.01. The number of fused-ring (bicyclic) bond motifs is 2. The monoisotopic (exact) mass is 440 g/mol. The van der Waals surface area contributed by atoms with Gasteiger partial charge in [-0.15, -0.1) is 0 Å². The predicted molar refractivity (Wildman–Crippen MR) is 126 cm³/mol. The van der Waals surface area contributed by atoms with Gasteiger partial charge in [0, 0.05) is 11.1 Å². The SMILES string of the molecule is Cc1nn(-c2ccccc2)c(C)c1NC(=O)COC(=O)c1c2c(nc3ccccc13)CCC2. The van der Waals surface area contributed by atoms with E-state index in [1.807, 2.05) is 68.4 Å². The quantitative estimate of drug-likeness (QED) is 0.467. The van der Waals surface area contributed by atoms with E-state index in [1.165, 1.54) is 0 Å². The number of ether oxygens (including phenoxy) is 1. The number of nitrogens with one attached hydrogen (secondary N) is 1. The minimum atomic E-state index is -0.490. The van der Waals surface area contributed by atoms with Crippen LogP contribution in [0.1, 0.15) is 39.4 Å². The number of esters is 1. The Labute approximate surface area is 191 Å². The van der Waals surface area contributed by atoms with Crippen molar-refractivity contribution in [3.63, 3.8) is 0 Å². The Hall–Kier alpha value is -4.00. The molecule has 0 unspecified atom stereocenters. The second kappa shape index (κ2) is 8.50. The topological polar surface area (TPSA) is 86.1 Å². The standard InChI is InChI=1S/C26H24N4O3/c1-16-25(17(2)30(29-16)18-9-4-3-5-10-18)28-23(31)15-33-26(32)24-19-11-6-7-13-21(19)27-22-14-8-12-20(22)24/h3-7,9-11,13H,8,12,14-15H2,1-2H3,(H,28,31). The summed E-state index contributed by atoms with van der Waals surface area (Å²) in [5.41, 5.74) is 6.21. The molecule has 0 atom stereocenters. The highest BCUT2D eigenvalue weighted by molar-refractivity contribution is 6.06. The van der Waals surface area contributed by atoms with E-state index in [1.54, 1.807) is 4.68 Å². The van der Waals surface area contributed by atoms with E-state index in [2.05, 4.69) is 10.4 Å². The lowest BCUT2D eigenvalue weighted by Gasteiger charge is -2.12. The van der Waals surface area contributed by atoms with Gasteiger partial charge in [-0.3, -0.25) is 9.78 Å². The smallest absolute Gasteiger partial charge is 0.339 e. The number of amides is 1. The number of carbonyl (C=O) groups excluding carboxylic acids is 2. The van der Waals surface area contributed by atoms with Gasteiger partial charge in [-0.1, -0.05) is 36.4 Å². The Morgan fingerprint density at radius 3 is 2.61 bits per heavy atom. The number of aromatic nitrogens is 3. The molecule has 0 fully saturated rings. The van der Waals surface area contributed by atoms with Crippen molar-refractivity contribution in [1.82, 2.24) is 14.8 Å². The fourth-order valence-electron chi connectivity index (χ4n) is 4.47. The van der Waals surface area contributed by atoms with Gasteiger partial charge in [0.25, 0.3) is 5.91 Å². The Balaban J connectivity index is 1.33. The molecule has 0 radical (unpaired) electrons. The molecule has 33 heavy (non-hydrogen) atoms. The summed E-state index contributed by atoms with van der Waals surface area (Å²) in [7, 11) is 0. The van der Waals surface area contributed by atoms with Crippen molar-refractivity contribution in [1.29, 1.82) is 0 Å². The van der Waals surface area contributed by atoms with Gasteiger partial charge in [-0.05, 0) is 56.9 Å². The fourth-order valence-corrected chi connectivity index (χ4v) is 4.47. The molecule has 2 heterocycles. The maximum Gasteiger partial charge on any atom is 0.339 e. The van der Waals surface area contributed by atoms with Crippen LogP contribution in [-0.2, 0) is 22.4 Å². The summed E-state index contributed by atoms with van der Waals surface area (Å²) in [4.78, 5) is 30.4. The lowest BCUT2D eigenvalue weighted by Crippen LogP contribution is -2.22. The Bertz CT molecular complexity index is 1380. The number of carbonyl (C=O) groups is 2. The zero-order chi connectivity index (χ0) is 22.9. The lowest BCUT2D eigenvalue weighted by molar-refractivity contribution is -0.119. The Kier molecular flexibility index (Phi) is 5.38. The fraction of sp³-hybridized carbons (Fsp3) is 0.231. The summed E-state index contributed by atoms with van der Waals surface area (Å²) in [5, 5.41) is 8.15. The van der Waals surface area contributed by atoms with Crippen LogP contribution in [0, 0.1) is 13.8 Å². The Morgan fingerprint density at radius 1 is 1.03 bits per heavy atom. The first kappa shape index (κ1) is 20.9. The molecule has 2 aromatic heterocycles. The zero-order valence-corrected chi connectivity index (χ0v) is 18.6. The molecule has 166 valence electrons. The summed E-state index contributed by atoms with van der Waals surface area (Å²) in [5.74, 6) is -0.896. The average Bonchev–Trinajstić information content (AvgIpc) is 3.41. The van der Waals surface area contributed by atoms with Crippen LogP contribution < -0.4 is 5.32 Å². The second-order valence-electron chi connectivity index (χ2n) is 8.20. The van der Waals surface area contributed by atoms with Gasteiger partial charge in [0.15, 0.2) is 6.61 Å². The predicted octanol–water partition coefficient (Wildman–Crippen LogP) is 4.32. The number of para-hydroxylation sites is 2. The van der Waals surface area contributed by atoms with E-state index in [0.717, 1.165) is 52.8 Å². The van der Waals surface area contributed by atoms with Gasteiger partial charge >= 0.3 is 5.97 Å². The van der Waals surface area contributed by atoms with Crippen LogP contribution in [0.2, 0.25) is 0 Å². The van der Waals surface area contributed by atoms with E-state index in [9.17, 15) is 9.59 Å². The van der Waals surface area contributed by atoms with Gasteiger partial charge in [0.1, 0.15) is 0 Å². The number of nitrogens with zero attached hydrogens (tertiary/aromatic N) is 3. The number of hydrogen-bond donors (Lipinski definition) is 1. The minimum absolute atomic E-state index is 0.375. The van der Waals surface area contributed by atoms with Gasteiger partial charge < -0.3 is 10.1 Å². The largest absolute Gasteiger partial charge is 0.452 e. The maximum atomic E-state index is 13.1. The van der Waals surface area contributed by atoms with Crippen LogP contribution >= 0.6 is 0 Å². The van der Waals surface area contributed by atoms with E-state index < -0.39 is 11.9 Å². The van der Waals surface area contributed by atoms with Crippen LogP contribution in [0.3, 0.4) is 0 Å². The van der Waals surface area contributed by atoms with Gasteiger partial charge in [-0.25, -0.2) is 9.48 Å². The van der Waals surface area contributed by atoms with Crippen LogP contribution in [0.15, 0.2) is 54.6 Å². The van der Waals surface area contributed by atoms with Crippen LogP contribution in [0.5, 0.6) is 0 Å². The highest BCUT2D eigenvalue weighted by Crippen LogP contribution is 2.30. The zero-order valence-electron chi connectivity index (χ0n) is 18.6. The number of anilines is 1.